The zero-order valence-electron chi connectivity index (χ0n) is 14.8. The van der Waals surface area contributed by atoms with Gasteiger partial charge in [-0.25, -0.2) is 14.4 Å². The Labute approximate surface area is 155 Å². The summed E-state index contributed by atoms with van der Waals surface area (Å²) < 4.78 is 13.5. The summed E-state index contributed by atoms with van der Waals surface area (Å²) in [6.07, 6.45) is 1.55. The summed E-state index contributed by atoms with van der Waals surface area (Å²) in [6, 6.07) is 12.9. The molecule has 2 aromatic carbocycles. The molecule has 2 heterocycles. The molecule has 1 N–H and O–H groups in total. The van der Waals surface area contributed by atoms with Gasteiger partial charge >= 0.3 is 0 Å². The van der Waals surface area contributed by atoms with Gasteiger partial charge in [-0.1, -0.05) is 24.3 Å². The van der Waals surface area contributed by atoms with Crippen molar-refractivity contribution in [3.63, 3.8) is 0 Å². The number of rotatable bonds is 3. The van der Waals surface area contributed by atoms with Crippen molar-refractivity contribution in [3.8, 4) is 11.1 Å². The second kappa shape index (κ2) is 6.50. The minimum atomic E-state index is -0.281. The van der Waals surface area contributed by atoms with Crippen molar-refractivity contribution in [1.29, 1.82) is 0 Å². The zero-order valence-corrected chi connectivity index (χ0v) is 15.6. The van der Waals surface area contributed by atoms with Gasteiger partial charge in [-0.3, -0.25) is 0 Å². The summed E-state index contributed by atoms with van der Waals surface area (Å²) in [4.78, 5) is 11.0. The first-order chi connectivity index (χ1) is 12.5. The van der Waals surface area contributed by atoms with Gasteiger partial charge in [0, 0.05) is 16.1 Å². The first-order valence-electron chi connectivity index (χ1n) is 8.37. The number of halogens is 1. The molecule has 0 amide bonds. The van der Waals surface area contributed by atoms with E-state index in [2.05, 4.69) is 54.3 Å². The summed E-state index contributed by atoms with van der Waals surface area (Å²) in [5, 5.41) is 4.23. The Kier molecular flexibility index (Phi) is 4.17. The highest BCUT2D eigenvalue weighted by Crippen LogP contribution is 2.41. The molecule has 0 aliphatic rings. The van der Waals surface area contributed by atoms with Gasteiger partial charge < -0.3 is 5.32 Å². The lowest BCUT2D eigenvalue weighted by Crippen LogP contribution is -1.96. The fourth-order valence-corrected chi connectivity index (χ4v) is 4.10. The number of anilines is 2. The number of fused-ring (bicyclic) bond motifs is 1. The van der Waals surface area contributed by atoms with Crippen molar-refractivity contribution in [2.45, 2.75) is 20.8 Å². The van der Waals surface area contributed by atoms with E-state index < -0.39 is 0 Å². The van der Waals surface area contributed by atoms with E-state index in [1.165, 1.54) is 28.1 Å². The molecule has 0 atom stereocenters. The Bertz CT molecular complexity index is 1120. The van der Waals surface area contributed by atoms with Crippen LogP contribution in [0.4, 0.5) is 15.9 Å². The summed E-state index contributed by atoms with van der Waals surface area (Å²) in [5.41, 5.74) is 5.46. The zero-order chi connectivity index (χ0) is 18.3. The lowest BCUT2D eigenvalue weighted by molar-refractivity contribution is 0.628. The van der Waals surface area contributed by atoms with Gasteiger partial charge in [0.1, 0.15) is 22.8 Å². The molecule has 0 radical (unpaired) electrons. The normalized spacial score (nSPS) is 11.1. The SMILES string of the molecule is Cc1ccc(-c2c(C)sc3ncnc(Nc4cccc(F)c4)c23)cc1C. The second-order valence-electron chi connectivity index (χ2n) is 6.37. The van der Waals surface area contributed by atoms with Gasteiger partial charge in [0.15, 0.2) is 0 Å². The average Bonchev–Trinajstić information content (AvgIpc) is 2.94. The maximum absolute atomic E-state index is 13.5. The third kappa shape index (κ3) is 2.95. The lowest BCUT2D eigenvalue weighted by atomic mass is 9.99. The highest BCUT2D eigenvalue weighted by atomic mass is 32.1. The number of nitrogens with one attached hydrogen (secondary N) is 1. The Balaban J connectivity index is 1.91. The van der Waals surface area contributed by atoms with Crippen molar-refractivity contribution in [2.75, 3.05) is 5.32 Å². The van der Waals surface area contributed by atoms with E-state index in [4.69, 9.17) is 0 Å². The molecule has 0 bridgehead atoms. The van der Waals surface area contributed by atoms with Crippen LogP contribution in [0.15, 0.2) is 48.8 Å². The molecule has 5 heteroatoms. The molecule has 26 heavy (non-hydrogen) atoms. The fourth-order valence-electron chi connectivity index (χ4n) is 3.09. The number of hydrogen-bond acceptors (Lipinski definition) is 4. The van der Waals surface area contributed by atoms with Crippen molar-refractivity contribution in [1.82, 2.24) is 9.97 Å². The van der Waals surface area contributed by atoms with Crippen molar-refractivity contribution < 1.29 is 4.39 Å². The molecule has 4 rings (SSSR count). The number of nitrogens with zero attached hydrogens (tertiary/aromatic N) is 2. The van der Waals surface area contributed by atoms with Crippen LogP contribution in [0.2, 0.25) is 0 Å². The first kappa shape index (κ1) is 16.7. The van der Waals surface area contributed by atoms with Gasteiger partial charge in [-0.05, 0) is 55.7 Å². The molecule has 0 unspecified atom stereocenters. The molecular weight excluding hydrogens is 345 g/mol. The highest BCUT2D eigenvalue weighted by Gasteiger charge is 2.17. The van der Waals surface area contributed by atoms with Gasteiger partial charge in [-0.15, -0.1) is 11.3 Å². The van der Waals surface area contributed by atoms with Crippen LogP contribution in [0.5, 0.6) is 0 Å². The van der Waals surface area contributed by atoms with Crippen LogP contribution in [0, 0.1) is 26.6 Å². The van der Waals surface area contributed by atoms with Crippen LogP contribution < -0.4 is 5.32 Å². The van der Waals surface area contributed by atoms with Crippen molar-refractivity contribution >= 4 is 33.1 Å². The van der Waals surface area contributed by atoms with Crippen LogP contribution >= 0.6 is 11.3 Å². The highest BCUT2D eigenvalue weighted by molar-refractivity contribution is 7.19. The van der Waals surface area contributed by atoms with Gasteiger partial charge in [0.25, 0.3) is 0 Å². The predicted octanol–water partition coefficient (Wildman–Crippen LogP) is 6.17. The van der Waals surface area contributed by atoms with E-state index in [1.807, 2.05) is 6.07 Å². The largest absolute Gasteiger partial charge is 0.339 e. The first-order valence-corrected chi connectivity index (χ1v) is 9.19. The van der Waals surface area contributed by atoms with E-state index in [0.717, 1.165) is 21.3 Å². The van der Waals surface area contributed by atoms with E-state index in [9.17, 15) is 4.39 Å². The molecular formula is C21H18FN3S. The number of aromatic nitrogens is 2. The molecule has 0 saturated carbocycles. The van der Waals surface area contributed by atoms with Crippen LogP contribution in [0.1, 0.15) is 16.0 Å². The third-order valence-corrected chi connectivity index (χ3v) is 5.56. The number of aryl methyl sites for hydroxylation is 3. The Hall–Kier alpha value is -2.79. The van der Waals surface area contributed by atoms with Crippen molar-refractivity contribution in [3.05, 3.63) is 70.6 Å². The molecule has 0 saturated heterocycles. The van der Waals surface area contributed by atoms with Crippen LogP contribution in [0.3, 0.4) is 0 Å². The van der Waals surface area contributed by atoms with Crippen molar-refractivity contribution in [2.24, 2.45) is 0 Å². The monoisotopic (exact) mass is 363 g/mol. The van der Waals surface area contributed by atoms with Gasteiger partial charge in [-0.2, -0.15) is 0 Å². The number of benzene rings is 2. The second-order valence-corrected chi connectivity index (χ2v) is 7.57. The average molecular weight is 363 g/mol. The van der Waals surface area contributed by atoms with E-state index >= 15 is 0 Å². The molecule has 4 aromatic rings. The summed E-state index contributed by atoms with van der Waals surface area (Å²) >= 11 is 1.65. The maximum atomic E-state index is 13.5. The molecule has 0 spiro atoms. The standard InChI is InChI=1S/C21H18FN3S/c1-12-7-8-15(9-13(12)2)18-14(3)26-21-19(18)20(23-11-24-21)25-17-6-4-5-16(22)10-17/h4-11H,1-3H3,(H,23,24,25). The van der Waals surface area contributed by atoms with Crippen LogP contribution in [0.25, 0.3) is 21.3 Å². The topological polar surface area (TPSA) is 37.8 Å². The molecule has 0 aliphatic carbocycles. The van der Waals surface area contributed by atoms with Crippen LogP contribution in [-0.4, -0.2) is 9.97 Å². The Morgan fingerprint density at radius 1 is 0.962 bits per heavy atom. The molecule has 130 valence electrons. The lowest BCUT2D eigenvalue weighted by Gasteiger charge is -2.10. The van der Waals surface area contributed by atoms with Gasteiger partial charge in [0.05, 0.1) is 5.39 Å². The fraction of sp³-hybridized carbons (Fsp3) is 0.143. The predicted molar refractivity (Wildman–Crippen MR) is 107 cm³/mol. The quantitative estimate of drug-likeness (QED) is 0.473. The summed E-state index contributed by atoms with van der Waals surface area (Å²) in [5.74, 6) is 0.411. The summed E-state index contributed by atoms with van der Waals surface area (Å²) in [7, 11) is 0. The van der Waals surface area contributed by atoms with E-state index in [0.29, 0.717) is 11.5 Å². The molecule has 3 nitrogen and oxygen atoms in total. The molecule has 0 fully saturated rings. The molecule has 2 aromatic heterocycles. The Morgan fingerprint density at radius 3 is 2.58 bits per heavy atom. The summed E-state index contributed by atoms with van der Waals surface area (Å²) in [6.45, 7) is 6.33. The minimum Gasteiger partial charge on any atom is -0.339 e. The van der Waals surface area contributed by atoms with Gasteiger partial charge in [0.2, 0.25) is 0 Å². The number of thiophene rings is 1. The number of hydrogen-bond donors (Lipinski definition) is 1. The van der Waals surface area contributed by atoms with Crippen LogP contribution in [-0.2, 0) is 0 Å². The third-order valence-electron chi connectivity index (χ3n) is 4.55. The van der Waals surface area contributed by atoms with E-state index in [-0.39, 0.29) is 5.82 Å². The Morgan fingerprint density at radius 2 is 1.81 bits per heavy atom. The maximum Gasteiger partial charge on any atom is 0.143 e. The minimum absolute atomic E-state index is 0.281. The smallest absolute Gasteiger partial charge is 0.143 e. The molecule has 0 aliphatic heterocycles. The van der Waals surface area contributed by atoms with E-state index in [1.54, 1.807) is 23.7 Å².